The number of nitrogens with one attached hydrogen (secondary N) is 1. The monoisotopic (exact) mass is 315 g/mol. The molecule has 2 nitrogen and oxygen atoms in total. The first kappa shape index (κ1) is 12.9. The molecule has 0 unspecified atom stereocenters. The molecule has 17 heavy (non-hydrogen) atoms. The fourth-order valence-corrected chi connectivity index (χ4v) is 2.90. The fourth-order valence-electron chi connectivity index (χ4n) is 2.05. The van der Waals surface area contributed by atoms with Crippen LogP contribution < -0.4 is 5.32 Å². The summed E-state index contributed by atoms with van der Waals surface area (Å²) in [5.41, 5.74) is 2.06. The van der Waals surface area contributed by atoms with Gasteiger partial charge in [-0.1, -0.05) is 40.9 Å². The van der Waals surface area contributed by atoms with E-state index in [-0.39, 0.29) is 0 Å². The van der Waals surface area contributed by atoms with Crippen molar-refractivity contribution in [1.29, 1.82) is 0 Å². The van der Waals surface area contributed by atoms with E-state index in [0.717, 1.165) is 40.6 Å². The van der Waals surface area contributed by atoms with Gasteiger partial charge in [0.2, 0.25) is 0 Å². The molecular formula is C13H15BrClNO. The SMILES string of the molecule is CCCc1c(CNC)oc2c(Cl)cc(Br)cc12. The lowest BCUT2D eigenvalue weighted by atomic mass is 10.1. The summed E-state index contributed by atoms with van der Waals surface area (Å²) in [7, 11) is 1.92. The standard InChI is InChI=1S/C13H15BrClNO/c1-3-4-9-10-5-8(14)6-11(15)13(10)17-12(9)7-16-2/h5-6,16H,3-4,7H2,1-2H3. The Morgan fingerprint density at radius 2 is 2.18 bits per heavy atom. The minimum absolute atomic E-state index is 0.661. The van der Waals surface area contributed by atoms with Crippen molar-refractivity contribution in [1.82, 2.24) is 5.32 Å². The van der Waals surface area contributed by atoms with Crippen LogP contribution in [0.15, 0.2) is 21.0 Å². The number of furan rings is 1. The van der Waals surface area contributed by atoms with E-state index in [1.54, 1.807) is 0 Å². The Hall–Kier alpha value is -0.510. The van der Waals surface area contributed by atoms with Crippen molar-refractivity contribution in [3.05, 3.63) is 33.0 Å². The van der Waals surface area contributed by atoms with E-state index < -0.39 is 0 Å². The van der Waals surface area contributed by atoms with E-state index in [0.29, 0.717) is 5.02 Å². The number of benzene rings is 1. The summed E-state index contributed by atoms with van der Waals surface area (Å²) < 4.78 is 6.85. The molecular weight excluding hydrogens is 302 g/mol. The molecule has 1 aromatic carbocycles. The van der Waals surface area contributed by atoms with E-state index in [2.05, 4.69) is 34.2 Å². The second-order valence-electron chi connectivity index (χ2n) is 4.05. The highest BCUT2D eigenvalue weighted by molar-refractivity contribution is 9.10. The molecule has 0 radical (unpaired) electrons. The average molecular weight is 317 g/mol. The van der Waals surface area contributed by atoms with E-state index in [9.17, 15) is 0 Å². The van der Waals surface area contributed by atoms with Gasteiger partial charge in [0.1, 0.15) is 5.76 Å². The average Bonchev–Trinajstić information content (AvgIpc) is 2.59. The Morgan fingerprint density at radius 1 is 1.41 bits per heavy atom. The Balaban J connectivity index is 2.66. The number of hydrogen-bond donors (Lipinski definition) is 1. The van der Waals surface area contributed by atoms with Crippen LogP contribution in [0.3, 0.4) is 0 Å². The minimum Gasteiger partial charge on any atom is -0.458 e. The van der Waals surface area contributed by atoms with Crippen LogP contribution in [0.4, 0.5) is 0 Å². The third-order valence-electron chi connectivity index (χ3n) is 2.73. The van der Waals surface area contributed by atoms with Crippen molar-refractivity contribution in [2.75, 3.05) is 7.05 Å². The summed E-state index contributed by atoms with van der Waals surface area (Å²) in [6, 6.07) is 3.95. The van der Waals surface area contributed by atoms with Gasteiger partial charge < -0.3 is 9.73 Å². The van der Waals surface area contributed by atoms with Gasteiger partial charge in [0.25, 0.3) is 0 Å². The van der Waals surface area contributed by atoms with Crippen LogP contribution in [0.2, 0.25) is 5.02 Å². The van der Waals surface area contributed by atoms with Gasteiger partial charge >= 0.3 is 0 Å². The number of fused-ring (bicyclic) bond motifs is 1. The molecule has 0 bridgehead atoms. The summed E-state index contributed by atoms with van der Waals surface area (Å²) in [5, 5.41) is 4.91. The third kappa shape index (κ3) is 2.51. The molecule has 2 aromatic rings. The molecule has 2 rings (SSSR count). The van der Waals surface area contributed by atoms with Crippen molar-refractivity contribution in [2.24, 2.45) is 0 Å². The largest absolute Gasteiger partial charge is 0.458 e. The van der Waals surface area contributed by atoms with Crippen molar-refractivity contribution in [3.8, 4) is 0 Å². The van der Waals surface area contributed by atoms with Gasteiger partial charge in [-0.3, -0.25) is 0 Å². The molecule has 92 valence electrons. The molecule has 4 heteroatoms. The first-order valence-corrected chi connectivity index (χ1v) is 6.88. The molecule has 1 aromatic heterocycles. The zero-order chi connectivity index (χ0) is 12.4. The van der Waals surface area contributed by atoms with Gasteiger partial charge in [-0.25, -0.2) is 0 Å². The molecule has 1 heterocycles. The summed E-state index contributed by atoms with van der Waals surface area (Å²) in [5.74, 6) is 0.990. The van der Waals surface area contributed by atoms with Crippen LogP contribution in [0.5, 0.6) is 0 Å². The lowest BCUT2D eigenvalue weighted by molar-refractivity contribution is 0.523. The van der Waals surface area contributed by atoms with Gasteiger partial charge in [0.15, 0.2) is 5.58 Å². The summed E-state index contributed by atoms with van der Waals surface area (Å²) in [4.78, 5) is 0. The molecule has 0 aliphatic carbocycles. The van der Waals surface area contributed by atoms with Gasteiger partial charge in [0.05, 0.1) is 11.6 Å². The Morgan fingerprint density at radius 3 is 2.82 bits per heavy atom. The number of halogens is 2. The van der Waals surface area contributed by atoms with E-state index in [4.69, 9.17) is 16.0 Å². The molecule has 0 saturated carbocycles. The van der Waals surface area contributed by atoms with Crippen molar-refractivity contribution >= 4 is 38.5 Å². The topological polar surface area (TPSA) is 25.2 Å². The predicted octanol–water partition coefficient (Wildman–Crippen LogP) is 4.52. The molecule has 0 saturated heterocycles. The highest BCUT2D eigenvalue weighted by Gasteiger charge is 2.15. The zero-order valence-electron chi connectivity index (χ0n) is 9.94. The van der Waals surface area contributed by atoms with Crippen LogP contribution in [0.25, 0.3) is 11.0 Å². The molecule has 0 fully saturated rings. The van der Waals surface area contributed by atoms with Crippen molar-refractivity contribution < 1.29 is 4.42 Å². The maximum Gasteiger partial charge on any atom is 0.153 e. The second-order valence-corrected chi connectivity index (χ2v) is 5.37. The molecule has 0 atom stereocenters. The highest BCUT2D eigenvalue weighted by atomic mass is 79.9. The maximum absolute atomic E-state index is 6.20. The summed E-state index contributed by atoms with van der Waals surface area (Å²) in [6.07, 6.45) is 2.10. The third-order valence-corrected chi connectivity index (χ3v) is 3.47. The second kappa shape index (κ2) is 5.42. The van der Waals surface area contributed by atoms with Crippen LogP contribution in [0, 0.1) is 0 Å². The summed E-state index contributed by atoms with van der Waals surface area (Å²) >= 11 is 9.68. The Bertz CT molecular complexity index is 536. The fraction of sp³-hybridized carbons (Fsp3) is 0.385. The zero-order valence-corrected chi connectivity index (χ0v) is 12.3. The smallest absolute Gasteiger partial charge is 0.153 e. The number of hydrogen-bond acceptors (Lipinski definition) is 2. The first-order valence-electron chi connectivity index (χ1n) is 5.71. The maximum atomic E-state index is 6.20. The highest BCUT2D eigenvalue weighted by Crippen LogP contribution is 2.34. The molecule has 1 N–H and O–H groups in total. The number of rotatable bonds is 4. The molecule has 0 amide bonds. The van der Waals surface area contributed by atoms with E-state index >= 15 is 0 Å². The predicted molar refractivity (Wildman–Crippen MR) is 75.7 cm³/mol. The summed E-state index contributed by atoms with van der Waals surface area (Å²) in [6.45, 7) is 2.90. The lowest BCUT2D eigenvalue weighted by Gasteiger charge is -2.00. The Kier molecular flexibility index (Phi) is 4.13. The van der Waals surface area contributed by atoms with Crippen LogP contribution >= 0.6 is 27.5 Å². The van der Waals surface area contributed by atoms with Gasteiger partial charge in [-0.15, -0.1) is 0 Å². The molecule has 0 aliphatic rings. The number of aryl methyl sites for hydroxylation is 1. The van der Waals surface area contributed by atoms with Crippen molar-refractivity contribution in [3.63, 3.8) is 0 Å². The lowest BCUT2D eigenvalue weighted by Crippen LogP contribution is -2.05. The van der Waals surface area contributed by atoms with Crippen LogP contribution in [0.1, 0.15) is 24.7 Å². The van der Waals surface area contributed by atoms with Gasteiger partial charge in [0, 0.05) is 15.4 Å². The van der Waals surface area contributed by atoms with Crippen molar-refractivity contribution in [2.45, 2.75) is 26.3 Å². The normalized spacial score (nSPS) is 11.3. The van der Waals surface area contributed by atoms with E-state index in [1.807, 2.05) is 13.1 Å². The van der Waals surface area contributed by atoms with Gasteiger partial charge in [-0.05, 0) is 25.6 Å². The quantitative estimate of drug-likeness (QED) is 0.897. The van der Waals surface area contributed by atoms with Crippen LogP contribution in [-0.2, 0) is 13.0 Å². The molecule has 0 spiro atoms. The first-order chi connectivity index (χ1) is 8.17. The van der Waals surface area contributed by atoms with Gasteiger partial charge in [-0.2, -0.15) is 0 Å². The molecule has 0 aliphatic heterocycles. The minimum atomic E-state index is 0.661. The Labute approximate surface area is 114 Å². The van der Waals surface area contributed by atoms with Crippen LogP contribution in [-0.4, -0.2) is 7.05 Å². The van der Waals surface area contributed by atoms with E-state index in [1.165, 1.54) is 5.56 Å².